The third-order valence-electron chi connectivity index (χ3n) is 6.13. The predicted molar refractivity (Wildman–Crippen MR) is 121 cm³/mol. The Kier molecular flexibility index (Phi) is 5.08. The van der Waals surface area contributed by atoms with E-state index in [9.17, 15) is 23.2 Å². The molecule has 3 N–H and O–H groups in total. The molecule has 5 rings (SSSR count). The number of alkyl halides is 2. The summed E-state index contributed by atoms with van der Waals surface area (Å²) in [4.78, 5) is 44.3. The van der Waals surface area contributed by atoms with E-state index in [0.717, 1.165) is 5.56 Å². The summed E-state index contributed by atoms with van der Waals surface area (Å²) < 4.78 is 35.7. The first-order valence-electron chi connectivity index (χ1n) is 10.8. The van der Waals surface area contributed by atoms with Crippen LogP contribution in [0.2, 0.25) is 0 Å². The Morgan fingerprint density at radius 3 is 2.54 bits per heavy atom. The number of aryl methyl sites for hydroxylation is 1. The fraction of sp³-hybridized carbons (Fsp3) is 0.250. The topological polar surface area (TPSA) is 122 Å². The second-order valence-corrected chi connectivity index (χ2v) is 8.44. The zero-order valence-electron chi connectivity index (χ0n) is 18.7. The average Bonchev–Trinajstić information content (AvgIpc) is 3.57. The Bertz CT molecular complexity index is 1430. The predicted octanol–water partition coefficient (Wildman–Crippen LogP) is 3.10. The number of H-pyrrole nitrogens is 1. The molecule has 0 spiro atoms. The maximum Gasteiger partial charge on any atom is 0.586 e. The smallest absolute Gasteiger partial charge is 0.395 e. The van der Waals surface area contributed by atoms with Gasteiger partial charge in [-0.15, -0.1) is 8.78 Å². The molecule has 180 valence electrons. The molecule has 3 aromatic rings. The molecule has 0 bridgehead atoms. The van der Waals surface area contributed by atoms with Crippen LogP contribution in [0.4, 0.5) is 14.6 Å². The van der Waals surface area contributed by atoms with Crippen LogP contribution >= 0.6 is 0 Å². The quantitative estimate of drug-likeness (QED) is 0.514. The fourth-order valence-corrected chi connectivity index (χ4v) is 4.07. The van der Waals surface area contributed by atoms with Gasteiger partial charge in [0.15, 0.2) is 11.5 Å². The van der Waals surface area contributed by atoms with E-state index in [1.807, 2.05) is 6.92 Å². The number of aromatic nitrogens is 2. The number of carbonyl (C=O) groups excluding carboxylic acids is 2. The molecule has 2 aliphatic rings. The van der Waals surface area contributed by atoms with Crippen molar-refractivity contribution in [2.75, 3.05) is 12.4 Å². The number of rotatable bonds is 5. The molecule has 1 aliphatic heterocycles. The lowest BCUT2D eigenvalue weighted by atomic mass is 9.94. The van der Waals surface area contributed by atoms with Crippen LogP contribution in [0.15, 0.2) is 47.4 Å². The minimum atomic E-state index is -3.73. The molecule has 0 unspecified atom stereocenters. The second kappa shape index (κ2) is 7.90. The number of hydrogen-bond acceptors (Lipinski definition) is 6. The molecule has 35 heavy (non-hydrogen) atoms. The number of nitrogens with one attached hydrogen (secondary N) is 3. The van der Waals surface area contributed by atoms with E-state index in [1.165, 1.54) is 31.4 Å². The summed E-state index contributed by atoms with van der Waals surface area (Å²) in [7, 11) is 1.42. The molecule has 1 aromatic carbocycles. The number of ether oxygens (including phenoxy) is 2. The number of pyridine rings is 2. The Balaban J connectivity index is 1.41. The SMILES string of the molecule is CNC(=O)c1cc(-c2nc(NC(=O)C3(c4ccc5c(c4)OC(F)(F)O5)CC3)ccc2C)c[nH]c1=O. The van der Waals surface area contributed by atoms with Gasteiger partial charge in [-0.1, -0.05) is 12.1 Å². The molecular weight excluding hydrogens is 462 g/mol. The van der Waals surface area contributed by atoms with Crippen molar-refractivity contribution < 1.29 is 27.8 Å². The van der Waals surface area contributed by atoms with E-state index >= 15 is 0 Å². The number of halogens is 2. The molecular formula is C24H20F2N4O5. The fourth-order valence-electron chi connectivity index (χ4n) is 4.07. The van der Waals surface area contributed by atoms with Gasteiger partial charge in [0, 0.05) is 18.8 Å². The standard InChI is InChI=1S/C24H20F2N4O5/c1-12-3-6-18(29-19(12)13-9-15(20(31)27-2)21(32)28-11-13)30-22(33)23(7-8-23)14-4-5-16-17(10-14)35-24(25,26)34-16/h3-6,9-11H,7-8H2,1-2H3,(H,27,31)(H,28,32)(H,29,30,33). The van der Waals surface area contributed by atoms with Gasteiger partial charge < -0.3 is 25.1 Å². The highest BCUT2D eigenvalue weighted by molar-refractivity contribution is 6.01. The highest BCUT2D eigenvalue weighted by Crippen LogP contribution is 2.52. The van der Waals surface area contributed by atoms with Gasteiger partial charge in [-0.3, -0.25) is 14.4 Å². The second-order valence-electron chi connectivity index (χ2n) is 8.44. The summed E-state index contributed by atoms with van der Waals surface area (Å²) >= 11 is 0. The zero-order chi connectivity index (χ0) is 25.0. The normalized spacial score (nSPS) is 16.5. The third kappa shape index (κ3) is 3.98. The van der Waals surface area contributed by atoms with Gasteiger partial charge in [-0.25, -0.2) is 4.98 Å². The summed E-state index contributed by atoms with van der Waals surface area (Å²) in [6, 6.07) is 9.16. The number of nitrogens with zero attached hydrogens (tertiary/aromatic N) is 1. The first kappa shape index (κ1) is 22.5. The number of anilines is 1. The monoisotopic (exact) mass is 482 g/mol. The summed E-state index contributed by atoms with van der Waals surface area (Å²) in [5.74, 6) is -0.809. The minimum absolute atomic E-state index is 0.0639. The third-order valence-corrected chi connectivity index (χ3v) is 6.13. The van der Waals surface area contributed by atoms with E-state index < -0.39 is 23.2 Å². The zero-order valence-corrected chi connectivity index (χ0v) is 18.7. The maximum atomic E-state index is 13.4. The summed E-state index contributed by atoms with van der Waals surface area (Å²) in [5, 5.41) is 5.22. The van der Waals surface area contributed by atoms with E-state index in [-0.39, 0.29) is 28.8 Å². The van der Waals surface area contributed by atoms with Gasteiger partial charge in [0.1, 0.15) is 11.4 Å². The van der Waals surface area contributed by atoms with Gasteiger partial charge in [0.25, 0.3) is 11.5 Å². The van der Waals surface area contributed by atoms with E-state index in [1.54, 1.807) is 18.2 Å². The molecule has 1 fully saturated rings. The molecule has 3 heterocycles. The Morgan fingerprint density at radius 1 is 1.09 bits per heavy atom. The molecule has 0 radical (unpaired) electrons. The van der Waals surface area contributed by atoms with Crippen molar-refractivity contribution in [3.8, 4) is 22.8 Å². The first-order chi connectivity index (χ1) is 16.6. The highest BCUT2D eigenvalue weighted by atomic mass is 19.3. The largest absolute Gasteiger partial charge is 0.586 e. The number of benzene rings is 1. The molecule has 1 aliphatic carbocycles. The van der Waals surface area contributed by atoms with E-state index in [2.05, 4.69) is 30.1 Å². The molecule has 0 atom stereocenters. The molecule has 2 aromatic heterocycles. The van der Waals surface area contributed by atoms with Crippen LogP contribution in [-0.4, -0.2) is 35.1 Å². The van der Waals surface area contributed by atoms with Crippen molar-refractivity contribution in [3.05, 3.63) is 69.6 Å². The summed E-state index contributed by atoms with van der Waals surface area (Å²) in [6.07, 6.45) is -1.23. The summed E-state index contributed by atoms with van der Waals surface area (Å²) in [6.45, 7) is 1.81. The van der Waals surface area contributed by atoms with Crippen molar-refractivity contribution in [2.24, 2.45) is 0 Å². The van der Waals surface area contributed by atoms with Crippen LogP contribution in [0.1, 0.15) is 34.3 Å². The van der Waals surface area contributed by atoms with Gasteiger partial charge in [-0.05, 0) is 55.2 Å². The minimum Gasteiger partial charge on any atom is -0.395 e. The lowest BCUT2D eigenvalue weighted by molar-refractivity contribution is -0.286. The number of fused-ring (bicyclic) bond motifs is 1. The van der Waals surface area contributed by atoms with Crippen LogP contribution in [-0.2, 0) is 10.2 Å². The van der Waals surface area contributed by atoms with Gasteiger partial charge >= 0.3 is 6.29 Å². The number of carbonyl (C=O) groups is 2. The number of hydrogen-bond donors (Lipinski definition) is 3. The lowest BCUT2D eigenvalue weighted by Gasteiger charge is -2.17. The Labute approximate surface area is 197 Å². The van der Waals surface area contributed by atoms with Crippen LogP contribution < -0.4 is 25.7 Å². The van der Waals surface area contributed by atoms with Crippen molar-refractivity contribution >= 4 is 17.6 Å². The maximum absolute atomic E-state index is 13.4. The van der Waals surface area contributed by atoms with Crippen LogP contribution in [0.5, 0.6) is 11.5 Å². The Hall–Kier alpha value is -4.28. The number of amides is 2. The van der Waals surface area contributed by atoms with Crippen molar-refractivity contribution in [1.82, 2.24) is 15.3 Å². The van der Waals surface area contributed by atoms with Crippen LogP contribution in [0.25, 0.3) is 11.3 Å². The molecule has 9 nitrogen and oxygen atoms in total. The van der Waals surface area contributed by atoms with Gasteiger partial charge in [0.05, 0.1) is 11.1 Å². The van der Waals surface area contributed by atoms with Crippen molar-refractivity contribution in [3.63, 3.8) is 0 Å². The number of aromatic amines is 1. The molecule has 1 saturated carbocycles. The lowest BCUT2D eigenvalue weighted by Crippen LogP contribution is -2.28. The first-order valence-corrected chi connectivity index (χ1v) is 10.8. The van der Waals surface area contributed by atoms with Crippen molar-refractivity contribution in [2.45, 2.75) is 31.5 Å². The molecule has 0 saturated heterocycles. The molecule has 11 heteroatoms. The van der Waals surface area contributed by atoms with Crippen molar-refractivity contribution in [1.29, 1.82) is 0 Å². The van der Waals surface area contributed by atoms with Crippen LogP contribution in [0.3, 0.4) is 0 Å². The van der Waals surface area contributed by atoms with E-state index in [0.29, 0.717) is 29.7 Å². The summed E-state index contributed by atoms with van der Waals surface area (Å²) in [5.41, 5.74) is 0.772. The Morgan fingerprint density at radius 2 is 1.83 bits per heavy atom. The van der Waals surface area contributed by atoms with E-state index in [4.69, 9.17) is 0 Å². The van der Waals surface area contributed by atoms with Gasteiger partial charge in [0.2, 0.25) is 5.91 Å². The average molecular weight is 482 g/mol. The van der Waals surface area contributed by atoms with Gasteiger partial charge in [-0.2, -0.15) is 0 Å². The molecule has 2 amide bonds. The highest BCUT2D eigenvalue weighted by Gasteiger charge is 2.53. The van der Waals surface area contributed by atoms with Crippen LogP contribution in [0, 0.1) is 6.92 Å².